The molecule has 0 radical (unpaired) electrons. The number of benzene rings is 2. The van der Waals surface area contributed by atoms with Gasteiger partial charge < -0.3 is 24.8 Å². The minimum Gasteiger partial charge on any atom is -0.493 e. The average molecular weight is 442 g/mol. The smallest absolute Gasteiger partial charge is 0.205 e. The van der Waals surface area contributed by atoms with Gasteiger partial charge in [0.25, 0.3) is 0 Å². The molecule has 7 heteroatoms. The molecule has 0 bridgehead atoms. The topological polar surface area (TPSA) is 80.7 Å². The normalized spacial score (nSPS) is 17.5. The molecule has 1 atom stereocenters. The van der Waals surface area contributed by atoms with Gasteiger partial charge in [0.2, 0.25) is 5.88 Å². The molecule has 2 aliphatic heterocycles. The van der Waals surface area contributed by atoms with E-state index in [4.69, 9.17) is 19.9 Å². The lowest BCUT2D eigenvalue weighted by Crippen LogP contribution is -2.22. The fourth-order valence-corrected chi connectivity index (χ4v) is 4.64. The molecule has 0 fully saturated rings. The Morgan fingerprint density at radius 1 is 1.29 bits per heavy atom. The Kier molecular flexibility index (Phi) is 4.60. The number of hydrogen-bond acceptors (Lipinski definition) is 6. The van der Waals surface area contributed by atoms with Gasteiger partial charge in [-0.05, 0) is 46.1 Å². The van der Waals surface area contributed by atoms with E-state index in [-0.39, 0.29) is 11.8 Å². The number of nitriles is 1. The third-order valence-electron chi connectivity index (χ3n) is 5.36. The molecule has 1 unspecified atom stereocenters. The zero-order chi connectivity index (χ0) is 20.0. The second-order valence-corrected chi connectivity index (χ2v) is 7.67. The van der Waals surface area contributed by atoms with E-state index in [1.807, 2.05) is 18.2 Å². The molecular formula is C21H20BrN3O3. The standard InChI is InChI=1S/C21H20BrN3O3/c1-25-7-6-12-16(25)5-4-13-18(14(10-23)21(24)28-19(12)13)11-8-15(22)20(27-3)17(9-11)26-2/h4-5,8-9,18H,6-7,24H2,1-3H3. The van der Waals surface area contributed by atoms with Crippen LogP contribution < -0.4 is 24.8 Å². The SMILES string of the molecule is COc1cc(C2C(C#N)=C(N)Oc3c2ccc2c3CCN2C)cc(Br)c1OC. The summed E-state index contributed by atoms with van der Waals surface area (Å²) in [6.07, 6.45) is 0.881. The zero-order valence-corrected chi connectivity index (χ0v) is 17.5. The van der Waals surface area contributed by atoms with Crippen molar-refractivity contribution in [2.45, 2.75) is 12.3 Å². The molecule has 2 heterocycles. The largest absolute Gasteiger partial charge is 0.493 e. The Morgan fingerprint density at radius 3 is 2.75 bits per heavy atom. The molecule has 28 heavy (non-hydrogen) atoms. The zero-order valence-electron chi connectivity index (χ0n) is 15.9. The van der Waals surface area contributed by atoms with Gasteiger partial charge in [0, 0.05) is 30.4 Å². The van der Waals surface area contributed by atoms with Crippen LogP contribution in [-0.4, -0.2) is 27.8 Å². The number of allylic oxidation sites excluding steroid dienone is 1. The average Bonchev–Trinajstić information content (AvgIpc) is 3.07. The van der Waals surface area contributed by atoms with E-state index in [2.05, 4.69) is 40.0 Å². The maximum absolute atomic E-state index is 9.81. The van der Waals surface area contributed by atoms with Crippen molar-refractivity contribution < 1.29 is 14.2 Å². The number of methoxy groups -OCH3 is 2. The molecule has 2 aliphatic rings. The van der Waals surface area contributed by atoms with Crippen LogP contribution in [0.3, 0.4) is 0 Å². The van der Waals surface area contributed by atoms with Gasteiger partial charge in [-0.1, -0.05) is 6.07 Å². The second kappa shape index (κ2) is 6.95. The minimum atomic E-state index is -0.346. The lowest BCUT2D eigenvalue weighted by molar-refractivity contribution is 0.352. The molecule has 6 nitrogen and oxygen atoms in total. The van der Waals surface area contributed by atoms with Crippen molar-refractivity contribution >= 4 is 21.6 Å². The van der Waals surface area contributed by atoms with Crippen LogP contribution in [0.1, 0.15) is 22.6 Å². The van der Waals surface area contributed by atoms with Gasteiger partial charge in [0.15, 0.2) is 11.5 Å². The highest BCUT2D eigenvalue weighted by Crippen LogP contribution is 2.49. The van der Waals surface area contributed by atoms with E-state index >= 15 is 0 Å². The molecule has 4 rings (SSSR count). The number of nitrogens with zero attached hydrogens (tertiary/aromatic N) is 2. The van der Waals surface area contributed by atoms with Gasteiger partial charge in [0.1, 0.15) is 17.4 Å². The molecule has 0 saturated carbocycles. The fraction of sp³-hybridized carbons (Fsp3) is 0.286. The van der Waals surface area contributed by atoms with Gasteiger partial charge in [-0.3, -0.25) is 0 Å². The summed E-state index contributed by atoms with van der Waals surface area (Å²) in [5.74, 6) is 1.74. The predicted molar refractivity (Wildman–Crippen MR) is 110 cm³/mol. The molecule has 0 amide bonds. The van der Waals surface area contributed by atoms with Crippen LogP contribution in [-0.2, 0) is 6.42 Å². The number of halogens is 1. The second-order valence-electron chi connectivity index (χ2n) is 6.82. The Labute approximate surface area is 172 Å². The van der Waals surface area contributed by atoms with E-state index in [9.17, 15) is 5.26 Å². The van der Waals surface area contributed by atoms with Gasteiger partial charge in [-0.2, -0.15) is 5.26 Å². The fourth-order valence-electron chi connectivity index (χ4n) is 4.02. The van der Waals surface area contributed by atoms with Crippen molar-refractivity contribution in [3.05, 3.63) is 56.9 Å². The van der Waals surface area contributed by atoms with E-state index < -0.39 is 0 Å². The summed E-state index contributed by atoms with van der Waals surface area (Å²) in [4.78, 5) is 2.20. The van der Waals surface area contributed by atoms with Crippen molar-refractivity contribution in [3.63, 3.8) is 0 Å². The summed E-state index contributed by atoms with van der Waals surface area (Å²) in [5.41, 5.74) is 10.6. The molecule has 0 spiro atoms. The van der Waals surface area contributed by atoms with Crippen LogP contribution in [0.2, 0.25) is 0 Å². The molecule has 0 aromatic heterocycles. The predicted octanol–water partition coefficient (Wildman–Crippen LogP) is 3.68. The summed E-state index contributed by atoms with van der Waals surface area (Å²) in [6, 6.07) is 10.2. The first-order chi connectivity index (χ1) is 13.5. The van der Waals surface area contributed by atoms with Gasteiger partial charge in [0.05, 0.1) is 24.6 Å². The van der Waals surface area contributed by atoms with Crippen LogP contribution in [0, 0.1) is 11.3 Å². The summed E-state index contributed by atoms with van der Waals surface area (Å²) in [5, 5.41) is 9.81. The highest BCUT2D eigenvalue weighted by molar-refractivity contribution is 9.10. The summed E-state index contributed by atoms with van der Waals surface area (Å²) in [7, 11) is 5.23. The Bertz CT molecular complexity index is 1040. The lowest BCUT2D eigenvalue weighted by Gasteiger charge is -2.29. The van der Waals surface area contributed by atoms with Crippen molar-refractivity contribution in [1.82, 2.24) is 0 Å². The highest BCUT2D eigenvalue weighted by Gasteiger charge is 2.35. The third-order valence-corrected chi connectivity index (χ3v) is 5.95. The van der Waals surface area contributed by atoms with Gasteiger partial charge in [-0.15, -0.1) is 0 Å². The van der Waals surface area contributed by atoms with E-state index in [0.717, 1.165) is 45.6 Å². The number of ether oxygens (including phenoxy) is 3. The minimum absolute atomic E-state index is 0.147. The van der Waals surface area contributed by atoms with Crippen molar-refractivity contribution in [1.29, 1.82) is 5.26 Å². The number of nitrogens with two attached hydrogens (primary N) is 1. The summed E-state index contributed by atoms with van der Waals surface area (Å²) < 4.78 is 17.6. The Balaban J connectivity index is 1.95. The number of anilines is 1. The molecule has 2 N–H and O–H groups in total. The molecule has 2 aromatic carbocycles. The van der Waals surface area contributed by atoms with Crippen LogP contribution in [0.4, 0.5) is 5.69 Å². The maximum Gasteiger partial charge on any atom is 0.205 e. The third kappa shape index (κ3) is 2.68. The Morgan fingerprint density at radius 2 is 2.07 bits per heavy atom. The van der Waals surface area contributed by atoms with E-state index in [1.54, 1.807) is 14.2 Å². The molecule has 0 saturated heterocycles. The van der Waals surface area contributed by atoms with Crippen molar-refractivity contribution in [2.75, 3.05) is 32.7 Å². The summed E-state index contributed by atoms with van der Waals surface area (Å²) in [6.45, 7) is 0.927. The van der Waals surface area contributed by atoms with Gasteiger partial charge in [-0.25, -0.2) is 0 Å². The van der Waals surface area contributed by atoms with E-state index in [0.29, 0.717) is 17.1 Å². The molecule has 144 valence electrons. The number of hydrogen-bond donors (Lipinski definition) is 1. The van der Waals surface area contributed by atoms with Crippen LogP contribution >= 0.6 is 15.9 Å². The quantitative estimate of drug-likeness (QED) is 0.782. The van der Waals surface area contributed by atoms with Crippen LogP contribution in [0.25, 0.3) is 0 Å². The monoisotopic (exact) mass is 441 g/mol. The number of rotatable bonds is 3. The van der Waals surface area contributed by atoms with Crippen molar-refractivity contribution in [3.8, 4) is 23.3 Å². The van der Waals surface area contributed by atoms with Crippen LogP contribution in [0.5, 0.6) is 17.2 Å². The highest BCUT2D eigenvalue weighted by atomic mass is 79.9. The molecular weight excluding hydrogens is 422 g/mol. The van der Waals surface area contributed by atoms with Crippen molar-refractivity contribution in [2.24, 2.45) is 5.73 Å². The number of fused-ring (bicyclic) bond motifs is 3. The van der Waals surface area contributed by atoms with Gasteiger partial charge >= 0.3 is 0 Å². The Hall–Kier alpha value is -2.85. The molecule has 0 aliphatic carbocycles. The summed E-state index contributed by atoms with van der Waals surface area (Å²) >= 11 is 3.55. The lowest BCUT2D eigenvalue weighted by atomic mass is 9.82. The first kappa shape index (κ1) is 18.5. The van der Waals surface area contributed by atoms with Crippen LogP contribution in [0.15, 0.2) is 40.2 Å². The van der Waals surface area contributed by atoms with E-state index in [1.165, 1.54) is 0 Å². The molecule has 2 aromatic rings. The first-order valence-corrected chi connectivity index (χ1v) is 9.65. The maximum atomic E-state index is 9.81. The first-order valence-electron chi connectivity index (χ1n) is 8.86. The number of likely N-dealkylation sites (N-methyl/N-ethyl adjacent to an activating group) is 1.